The normalized spacial score (nSPS) is 15.4. The number of benzene rings is 2. The number of amides is 2. The van der Waals surface area contributed by atoms with Crippen molar-refractivity contribution in [2.75, 3.05) is 23.4 Å². The molecule has 1 heterocycles. The number of unbranched alkanes of at least 4 members (excludes halogenated alkanes) is 1. The highest BCUT2D eigenvalue weighted by Crippen LogP contribution is 2.36. The van der Waals surface area contributed by atoms with Gasteiger partial charge in [0.25, 0.3) is 5.91 Å². The molecule has 2 aromatic carbocycles. The van der Waals surface area contributed by atoms with Gasteiger partial charge in [-0.25, -0.2) is 0 Å². The Labute approximate surface area is 171 Å². The molecule has 2 amide bonds. The van der Waals surface area contributed by atoms with Gasteiger partial charge in [0.15, 0.2) is 6.10 Å². The Bertz CT molecular complexity index is 838. The van der Waals surface area contributed by atoms with Gasteiger partial charge in [0, 0.05) is 18.7 Å². The van der Waals surface area contributed by atoms with E-state index < -0.39 is 6.10 Å². The van der Waals surface area contributed by atoms with Gasteiger partial charge in [-0.3, -0.25) is 9.59 Å². The summed E-state index contributed by atoms with van der Waals surface area (Å²) in [6.45, 7) is 4.97. The smallest absolute Gasteiger partial charge is 0.267 e. The van der Waals surface area contributed by atoms with Crippen LogP contribution in [0.15, 0.2) is 48.5 Å². The molecule has 0 radical (unpaired) electrons. The number of hydrogen-bond acceptors (Lipinski definition) is 4. The zero-order valence-electron chi connectivity index (χ0n) is 17.0. The van der Waals surface area contributed by atoms with Crippen LogP contribution < -0.4 is 19.7 Å². The van der Waals surface area contributed by atoms with E-state index in [1.54, 1.807) is 17.9 Å². The van der Waals surface area contributed by atoms with Crippen LogP contribution in [-0.4, -0.2) is 31.1 Å². The standard InChI is InChI=1S/C23H28N2O4/c1-3-4-14-25-20-16-18(12-13-21(20)29-17(2)23(25)27)24-22(26)11-8-15-28-19-9-6-5-7-10-19/h5-7,9-10,12-13,16-17H,3-4,8,11,14-15H2,1-2H3,(H,24,26). The molecule has 0 fully saturated rings. The first-order valence-corrected chi connectivity index (χ1v) is 10.2. The number of para-hydroxylation sites is 1. The minimum atomic E-state index is -0.496. The van der Waals surface area contributed by atoms with E-state index in [1.165, 1.54) is 0 Å². The second-order valence-electron chi connectivity index (χ2n) is 7.10. The Morgan fingerprint density at radius 2 is 1.97 bits per heavy atom. The van der Waals surface area contributed by atoms with E-state index in [9.17, 15) is 9.59 Å². The molecule has 1 aliphatic heterocycles. The Kier molecular flexibility index (Phi) is 7.11. The van der Waals surface area contributed by atoms with E-state index in [-0.39, 0.29) is 11.8 Å². The fraction of sp³-hybridized carbons (Fsp3) is 0.391. The number of hydrogen-bond donors (Lipinski definition) is 1. The highest BCUT2D eigenvalue weighted by atomic mass is 16.5. The number of nitrogens with one attached hydrogen (secondary N) is 1. The lowest BCUT2D eigenvalue weighted by Gasteiger charge is -2.33. The maximum Gasteiger partial charge on any atom is 0.267 e. The lowest BCUT2D eigenvalue weighted by Crippen LogP contribution is -2.44. The topological polar surface area (TPSA) is 67.9 Å². The predicted octanol–water partition coefficient (Wildman–Crippen LogP) is 4.40. The SMILES string of the molecule is CCCCN1C(=O)C(C)Oc2ccc(NC(=O)CCCOc3ccccc3)cc21. The average molecular weight is 396 g/mol. The molecule has 2 aromatic rings. The van der Waals surface area contributed by atoms with Gasteiger partial charge >= 0.3 is 0 Å². The molecule has 0 bridgehead atoms. The van der Waals surface area contributed by atoms with Gasteiger partial charge in [-0.05, 0) is 50.1 Å². The van der Waals surface area contributed by atoms with Crippen LogP contribution in [0.5, 0.6) is 11.5 Å². The summed E-state index contributed by atoms with van der Waals surface area (Å²) in [5.41, 5.74) is 1.37. The van der Waals surface area contributed by atoms with Crippen LogP contribution in [0.1, 0.15) is 39.5 Å². The van der Waals surface area contributed by atoms with Gasteiger partial charge in [-0.1, -0.05) is 31.5 Å². The zero-order chi connectivity index (χ0) is 20.6. The Hall–Kier alpha value is -3.02. The van der Waals surface area contributed by atoms with Crippen LogP contribution in [0.2, 0.25) is 0 Å². The number of nitrogens with zero attached hydrogens (tertiary/aromatic N) is 1. The number of carbonyl (C=O) groups excluding carboxylic acids is 2. The molecule has 29 heavy (non-hydrogen) atoms. The summed E-state index contributed by atoms with van der Waals surface area (Å²) in [7, 11) is 0. The van der Waals surface area contributed by atoms with Crippen LogP contribution >= 0.6 is 0 Å². The van der Waals surface area contributed by atoms with Crippen LogP contribution in [0.25, 0.3) is 0 Å². The summed E-state index contributed by atoms with van der Waals surface area (Å²) >= 11 is 0. The molecule has 1 N–H and O–H groups in total. The first-order valence-electron chi connectivity index (χ1n) is 10.2. The van der Waals surface area contributed by atoms with Crippen molar-refractivity contribution in [3.8, 4) is 11.5 Å². The largest absolute Gasteiger partial charge is 0.494 e. The first kappa shape index (κ1) is 20.7. The van der Waals surface area contributed by atoms with Crippen molar-refractivity contribution in [3.05, 3.63) is 48.5 Å². The van der Waals surface area contributed by atoms with E-state index in [0.717, 1.165) is 18.6 Å². The lowest BCUT2D eigenvalue weighted by atomic mass is 10.1. The molecule has 6 nitrogen and oxygen atoms in total. The summed E-state index contributed by atoms with van der Waals surface area (Å²) in [5, 5.41) is 2.91. The summed E-state index contributed by atoms with van der Waals surface area (Å²) in [6.07, 6.45) is 2.39. The number of fused-ring (bicyclic) bond motifs is 1. The Morgan fingerprint density at radius 1 is 1.17 bits per heavy atom. The van der Waals surface area contributed by atoms with Gasteiger partial charge in [-0.15, -0.1) is 0 Å². The van der Waals surface area contributed by atoms with E-state index in [1.807, 2.05) is 42.5 Å². The maximum absolute atomic E-state index is 12.5. The third-order valence-electron chi connectivity index (χ3n) is 4.75. The zero-order valence-corrected chi connectivity index (χ0v) is 17.0. The van der Waals surface area contributed by atoms with Gasteiger partial charge in [0.05, 0.1) is 12.3 Å². The monoisotopic (exact) mass is 396 g/mol. The molecule has 1 unspecified atom stereocenters. The van der Waals surface area contributed by atoms with Crippen molar-refractivity contribution in [2.24, 2.45) is 0 Å². The third kappa shape index (κ3) is 5.50. The maximum atomic E-state index is 12.5. The summed E-state index contributed by atoms with van der Waals surface area (Å²) in [5.74, 6) is 1.33. The molecule has 3 rings (SSSR count). The number of carbonyl (C=O) groups is 2. The molecule has 1 aliphatic rings. The molecule has 0 spiro atoms. The molecule has 0 saturated carbocycles. The summed E-state index contributed by atoms with van der Waals surface area (Å²) < 4.78 is 11.3. The van der Waals surface area contributed by atoms with Crippen molar-refractivity contribution in [1.29, 1.82) is 0 Å². The van der Waals surface area contributed by atoms with Crippen molar-refractivity contribution >= 4 is 23.2 Å². The van der Waals surface area contributed by atoms with E-state index in [4.69, 9.17) is 9.47 Å². The van der Waals surface area contributed by atoms with Gasteiger partial charge in [0.1, 0.15) is 11.5 Å². The molecule has 1 atom stereocenters. The highest BCUT2D eigenvalue weighted by Gasteiger charge is 2.31. The molecule has 154 valence electrons. The van der Waals surface area contributed by atoms with Gasteiger partial charge < -0.3 is 19.7 Å². The third-order valence-corrected chi connectivity index (χ3v) is 4.75. The second-order valence-corrected chi connectivity index (χ2v) is 7.10. The quantitative estimate of drug-likeness (QED) is 0.638. The number of rotatable bonds is 9. The van der Waals surface area contributed by atoms with Crippen molar-refractivity contribution < 1.29 is 19.1 Å². The van der Waals surface area contributed by atoms with E-state index in [0.29, 0.717) is 43.1 Å². The first-order chi connectivity index (χ1) is 14.1. The molecular formula is C23H28N2O4. The Balaban J connectivity index is 1.56. The van der Waals surface area contributed by atoms with Crippen LogP contribution in [0.4, 0.5) is 11.4 Å². The molecule has 0 aliphatic carbocycles. The second kappa shape index (κ2) is 9.96. The van der Waals surface area contributed by atoms with E-state index >= 15 is 0 Å². The molecular weight excluding hydrogens is 368 g/mol. The van der Waals surface area contributed by atoms with Crippen molar-refractivity contribution in [1.82, 2.24) is 0 Å². The fourth-order valence-corrected chi connectivity index (χ4v) is 3.19. The lowest BCUT2D eigenvalue weighted by molar-refractivity contribution is -0.125. The van der Waals surface area contributed by atoms with Crippen LogP contribution in [0.3, 0.4) is 0 Å². The number of ether oxygens (including phenoxy) is 2. The van der Waals surface area contributed by atoms with E-state index in [2.05, 4.69) is 12.2 Å². The highest BCUT2D eigenvalue weighted by molar-refractivity contribution is 6.01. The molecule has 0 saturated heterocycles. The summed E-state index contributed by atoms with van der Waals surface area (Å²) in [6, 6.07) is 15.0. The Morgan fingerprint density at radius 3 is 2.72 bits per heavy atom. The van der Waals surface area contributed by atoms with Crippen LogP contribution in [-0.2, 0) is 9.59 Å². The minimum Gasteiger partial charge on any atom is -0.494 e. The van der Waals surface area contributed by atoms with Crippen molar-refractivity contribution in [2.45, 2.75) is 45.6 Å². The minimum absolute atomic E-state index is 0.0486. The molecule has 6 heteroatoms. The number of anilines is 2. The summed E-state index contributed by atoms with van der Waals surface area (Å²) in [4.78, 5) is 26.6. The molecule has 0 aromatic heterocycles. The fourth-order valence-electron chi connectivity index (χ4n) is 3.19. The predicted molar refractivity (Wildman–Crippen MR) is 114 cm³/mol. The van der Waals surface area contributed by atoms with Gasteiger partial charge in [-0.2, -0.15) is 0 Å². The van der Waals surface area contributed by atoms with Crippen molar-refractivity contribution in [3.63, 3.8) is 0 Å². The van der Waals surface area contributed by atoms with Crippen LogP contribution in [0, 0.1) is 0 Å². The average Bonchev–Trinajstić information content (AvgIpc) is 2.73. The van der Waals surface area contributed by atoms with Gasteiger partial charge in [0.2, 0.25) is 5.91 Å².